The quantitative estimate of drug-likeness (QED) is 0.0614. The average molecular weight is 2220 g/mol. The van der Waals surface area contributed by atoms with Crippen molar-refractivity contribution in [3.05, 3.63) is 65.0 Å². The molecular formula is C51H102B10N30Pt5. The first kappa shape index (κ1) is 92.4. The van der Waals surface area contributed by atoms with Gasteiger partial charge in [0.05, 0.1) is 31.6 Å². The molecule has 96 heavy (non-hydrogen) atoms. The van der Waals surface area contributed by atoms with Crippen LogP contribution in [0.4, 0.5) is 29.7 Å². The maximum absolute atomic E-state index is 4.21. The summed E-state index contributed by atoms with van der Waals surface area (Å²) in [6.45, 7) is 53.2. The molecule has 5 aromatic heterocycles. The molecule has 5 aliphatic heterocycles. The normalized spacial score (nSPS) is 17.8. The molecule has 0 aromatic carbocycles. The summed E-state index contributed by atoms with van der Waals surface area (Å²) in [6, 6.07) is 0.460. The third kappa shape index (κ3) is 25.1. The number of hydrogen-bond donors (Lipinski definition) is 0. The van der Waals surface area contributed by atoms with E-state index in [1.807, 2.05) is 11.5 Å². The summed E-state index contributed by atoms with van der Waals surface area (Å²) in [5, 5.41) is 39.2. The van der Waals surface area contributed by atoms with Crippen LogP contribution in [0.5, 0.6) is 0 Å². The van der Waals surface area contributed by atoms with Crippen molar-refractivity contribution in [1.82, 2.24) is 124 Å². The van der Waals surface area contributed by atoms with Gasteiger partial charge in [-0.25, -0.2) is 25.5 Å². The molecule has 0 spiro atoms. The Hall–Kier alpha value is -1.61. The second-order valence-electron chi connectivity index (χ2n) is 24.7. The largest absolute Gasteiger partial charge is 2.00 e. The van der Waals surface area contributed by atoms with Crippen LogP contribution >= 0.6 is 0 Å². The number of aromatic nitrogens is 15. The Kier molecular flexibility index (Phi) is 45.1. The van der Waals surface area contributed by atoms with Crippen molar-refractivity contribution in [2.24, 2.45) is 0 Å². The van der Waals surface area contributed by atoms with E-state index >= 15 is 0 Å². The molecule has 0 saturated carbocycles. The standard InChI is InChI=1S/C12H24B2N6.C11H22B2N6.C10H20B2N6.2C9H18B2N6.5Pt/c1-5-6-7-8-9-20-13(2)18(4)11-19(14(20)3)12-15-10-16-17-12;1-5-6-7-8-19-12(2)17(4)10-18(13(19)3)11-14-9-15-16-11;1-5-6-7-18-11(2)16(4)9-17(12(18)3)10-13-8-14-15-10;1-8(2)17-10(3)15(5)7-16(11(17)4)9-12-6-13-14-9;1-5-6-17-10(2)15(4)8-16(11(17)3)9-12-7-13-14-9;;;;;/h10-11H,5-9H2,1-4H3;9-10H,5-8H2,1-4H3;8-9H,5-7H2,1-4H3;6-8H,1-5H3;7-8H,5-6H2,1-4H3;;;;;/q5*-2;5*+2. The van der Waals surface area contributed by atoms with Gasteiger partial charge in [-0.3, -0.25) is 58.8 Å². The fourth-order valence-corrected chi connectivity index (χ4v) is 12.2. The molecule has 536 valence electrons. The molecule has 45 heteroatoms. The van der Waals surface area contributed by atoms with Gasteiger partial charge in [0, 0.05) is 29.7 Å². The average Bonchev–Trinajstić information content (AvgIpc) is 1.37. The van der Waals surface area contributed by atoms with E-state index in [4.69, 9.17) is 0 Å². The Morgan fingerprint density at radius 2 is 0.552 bits per heavy atom. The molecule has 0 bridgehead atoms. The molecule has 5 saturated heterocycles. The Bertz CT molecular complexity index is 2670. The van der Waals surface area contributed by atoms with Crippen LogP contribution in [0.15, 0.2) is 31.6 Å². The summed E-state index contributed by atoms with van der Waals surface area (Å²) < 4.78 is 12.3. The smallest absolute Gasteiger partial charge is 0.583 e. The summed E-state index contributed by atoms with van der Waals surface area (Å²) in [6.07, 6.45) is 19.9. The first-order chi connectivity index (χ1) is 43.6. The minimum atomic E-state index is 0. The fourth-order valence-electron chi connectivity index (χ4n) is 12.2. The zero-order valence-electron chi connectivity index (χ0n) is 60.5. The Labute approximate surface area is 653 Å². The van der Waals surface area contributed by atoms with E-state index in [1.165, 1.54) is 89.4 Å². The van der Waals surface area contributed by atoms with Crippen molar-refractivity contribution in [1.29, 1.82) is 0 Å². The van der Waals surface area contributed by atoms with Gasteiger partial charge in [0.15, 0.2) is 0 Å². The van der Waals surface area contributed by atoms with Crippen LogP contribution < -0.4 is 49.5 Å². The molecule has 5 fully saturated rings. The third-order valence-corrected chi connectivity index (χ3v) is 18.3. The van der Waals surface area contributed by atoms with E-state index < -0.39 is 0 Å². The van der Waals surface area contributed by atoms with Gasteiger partial charge in [0.25, 0.3) is 34.9 Å². The van der Waals surface area contributed by atoms with Gasteiger partial charge in [-0.1, -0.05) is 184 Å². The SMILES string of the molecule is CB1N(C)[CH-]N(c2ncn[n-]2)B(C)N1C(C)C.CCCCCCN1B(C)N(C)[CH-]N(c2ncn[n-]2)B1C.CCCCCN1B(C)N(C)[CH-]N(c2ncn[n-]2)B1C.CCCCN1B(C)N(C)[CH-]N(c2ncn[n-]2)B1C.CCCN1B(C)N(C)[CH-]N(c2ncn[n-]2)B1C.[Pt+2].[Pt+2].[Pt+2].[Pt+2].[Pt+2]. The van der Waals surface area contributed by atoms with E-state index in [-0.39, 0.29) is 140 Å². The van der Waals surface area contributed by atoms with E-state index in [0.717, 1.165) is 32.6 Å². The van der Waals surface area contributed by atoms with E-state index in [2.05, 4.69) is 315 Å². The monoisotopic (exact) mass is 2220 g/mol. The molecular weight excluding hydrogens is 2120 g/mol. The van der Waals surface area contributed by atoms with Gasteiger partial charge >= 0.3 is 105 Å². The molecule has 0 radical (unpaired) electrons. The van der Waals surface area contributed by atoms with Crippen molar-refractivity contribution in [2.45, 2.75) is 180 Å². The van der Waals surface area contributed by atoms with Gasteiger partial charge in [-0.05, 0) is 57.9 Å². The van der Waals surface area contributed by atoms with Gasteiger partial charge in [-0.15, -0.1) is 0 Å². The van der Waals surface area contributed by atoms with Crippen LogP contribution in [0, 0.1) is 33.3 Å². The molecule has 5 aromatic rings. The molecule has 0 unspecified atom stereocenters. The number of rotatable bonds is 20. The van der Waals surface area contributed by atoms with Crippen LogP contribution in [-0.2, 0) is 105 Å². The topological polar surface area (TPSA) is 248 Å². The maximum atomic E-state index is 4.21. The second-order valence-corrected chi connectivity index (χ2v) is 24.7. The second kappa shape index (κ2) is 46.9. The van der Waals surface area contributed by atoms with Crippen LogP contribution in [0.3, 0.4) is 0 Å². The molecule has 0 N–H and O–H groups in total. The molecule has 30 nitrogen and oxygen atoms in total. The van der Waals surface area contributed by atoms with Gasteiger partial charge in [0.1, 0.15) is 0 Å². The maximum Gasteiger partial charge on any atom is 2.00 e. The van der Waals surface area contributed by atoms with Crippen LogP contribution in [-0.4, -0.2) is 235 Å². The predicted octanol–water partition coefficient (Wildman–Crippen LogP) is 3.59. The summed E-state index contributed by atoms with van der Waals surface area (Å²) in [5.41, 5.74) is 0. The summed E-state index contributed by atoms with van der Waals surface area (Å²) in [7, 11) is 10.4. The third-order valence-electron chi connectivity index (χ3n) is 18.3. The van der Waals surface area contributed by atoms with Crippen molar-refractivity contribution >= 4 is 99.6 Å². The molecule has 0 aliphatic carbocycles. The summed E-state index contributed by atoms with van der Waals surface area (Å²) >= 11 is 0. The van der Waals surface area contributed by atoms with Gasteiger partial charge in [-0.2, -0.15) is 0 Å². The van der Waals surface area contributed by atoms with Crippen LogP contribution in [0.2, 0.25) is 68.2 Å². The number of unbranched alkanes of at least 4 members (excludes halogenated alkanes) is 6. The first-order valence-corrected chi connectivity index (χ1v) is 33.2. The Morgan fingerprint density at radius 3 is 0.802 bits per heavy atom. The molecule has 10 heterocycles. The van der Waals surface area contributed by atoms with E-state index in [0.29, 0.717) is 70.7 Å². The fraction of sp³-hybridized carbons (Fsp3) is 0.706. The summed E-state index contributed by atoms with van der Waals surface area (Å²) in [4.78, 5) is 42.2. The first-order valence-electron chi connectivity index (χ1n) is 33.2. The van der Waals surface area contributed by atoms with Crippen molar-refractivity contribution in [3.8, 4) is 0 Å². The Balaban J connectivity index is 0.000000593. The van der Waals surface area contributed by atoms with Gasteiger partial charge in [0.2, 0.25) is 34.9 Å². The zero-order valence-corrected chi connectivity index (χ0v) is 71.9. The van der Waals surface area contributed by atoms with Crippen LogP contribution in [0.25, 0.3) is 0 Å². The van der Waals surface area contributed by atoms with Crippen molar-refractivity contribution in [2.75, 3.05) is 85.5 Å². The molecule has 10 rings (SSSR count). The number of anilines is 5. The predicted molar refractivity (Wildman–Crippen MR) is 378 cm³/mol. The van der Waals surface area contributed by atoms with Gasteiger partial charge < -0.3 is 96.6 Å². The summed E-state index contributed by atoms with van der Waals surface area (Å²) in [5.74, 6) is 3.34. The Morgan fingerprint density at radius 1 is 0.312 bits per heavy atom. The van der Waals surface area contributed by atoms with Crippen LogP contribution in [0.1, 0.15) is 106 Å². The minimum absolute atomic E-state index is 0. The number of hydrogen-bond acceptors (Lipinski definition) is 25. The number of nitrogens with zero attached hydrogens (tertiary/aromatic N) is 30. The van der Waals surface area contributed by atoms with Crippen molar-refractivity contribution < 1.29 is 105 Å². The van der Waals surface area contributed by atoms with E-state index in [1.54, 1.807) is 0 Å². The molecule has 5 aliphatic rings. The zero-order chi connectivity index (χ0) is 66.5. The minimum Gasteiger partial charge on any atom is -0.583 e. The molecule has 0 atom stereocenters. The molecule has 0 amide bonds. The van der Waals surface area contributed by atoms with E-state index in [9.17, 15) is 0 Å². The van der Waals surface area contributed by atoms with Crippen molar-refractivity contribution in [3.63, 3.8) is 0 Å².